The van der Waals surface area contributed by atoms with Gasteiger partial charge in [-0.15, -0.1) is 0 Å². The van der Waals surface area contributed by atoms with Gasteiger partial charge in [-0.1, -0.05) is 34.6 Å². The van der Waals surface area contributed by atoms with E-state index in [0.717, 1.165) is 25.4 Å². The molecule has 6 heteroatoms. The van der Waals surface area contributed by atoms with Crippen molar-refractivity contribution in [3.63, 3.8) is 0 Å². The van der Waals surface area contributed by atoms with Crippen LogP contribution in [0.2, 0.25) is 26.2 Å². The van der Waals surface area contributed by atoms with Crippen LogP contribution in [0, 0.1) is 10.8 Å². The Balaban J connectivity index is 4.29. The Labute approximate surface area is 147 Å². The highest BCUT2D eigenvalue weighted by molar-refractivity contribution is 6.85. The summed E-state index contributed by atoms with van der Waals surface area (Å²) in [5.41, 5.74) is 6.32. The number of rotatable bonds is 12. The Morgan fingerprint density at radius 2 is 1.22 bits per heavy atom. The van der Waals surface area contributed by atoms with Crippen LogP contribution in [-0.4, -0.2) is 48.6 Å². The standard InChI is InChI=1S/C17H43N3OSi2/c1-10-16(2,3)12-19-14-22(6,7)21-23(8,9)15-20-13-17(4,5)11-18/h19-20H,10-15,18H2,1-9H3. The lowest BCUT2D eigenvalue weighted by Gasteiger charge is -2.36. The van der Waals surface area contributed by atoms with Crippen molar-refractivity contribution >= 4 is 16.6 Å². The molecule has 0 fully saturated rings. The minimum absolute atomic E-state index is 0.157. The van der Waals surface area contributed by atoms with Gasteiger partial charge in [0.05, 0.1) is 0 Å². The molecule has 23 heavy (non-hydrogen) atoms. The molecular formula is C17H43N3OSi2. The Bertz CT molecular complexity index is 313. The van der Waals surface area contributed by atoms with Crippen LogP contribution in [0.5, 0.6) is 0 Å². The molecule has 0 spiro atoms. The second-order valence-corrected chi connectivity index (χ2v) is 18.3. The molecule has 0 aromatic heterocycles. The van der Waals surface area contributed by atoms with Crippen molar-refractivity contribution in [2.24, 2.45) is 16.6 Å². The van der Waals surface area contributed by atoms with Crippen LogP contribution < -0.4 is 16.4 Å². The minimum atomic E-state index is -1.69. The predicted octanol–water partition coefficient (Wildman–Crippen LogP) is 3.09. The normalized spacial score (nSPS) is 14.3. The Morgan fingerprint density at radius 1 is 0.826 bits per heavy atom. The lowest BCUT2D eigenvalue weighted by molar-refractivity contribution is 0.333. The second kappa shape index (κ2) is 9.10. The molecule has 0 saturated carbocycles. The Morgan fingerprint density at radius 3 is 1.57 bits per heavy atom. The van der Waals surface area contributed by atoms with Gasteiger partial charge in [-0.05, 0) is 50.0 Å². The average Bonchev–Trinajstić information content (AvgIpc) is 2.36. The molecule has 0 rings (SSSR count). The summed E-state index contributed by atoms with van der Waals surface area (Å²) in [4.78, 5) is 0. The highest BCUT2D eigenvalue weighted by Crippen LogP contribution is 2.19. The van der Waals surface area contributed by atoms with Crippen molar-refractivity contribution in [2.45, 2.75) is 67.2 Å². The van der Waals surface area contributed by atoms with Crippen molar-refractivity contribution in [1.29, 1.82) is 0 Å². The third-order valence-corrected chi connectivity index (χ3v) is 11.0. The molecule has 0 bridgehead atoms. The van der Waals surface area contributed by atoms with Gasteiger partial charge in [-0.25, -0.2) is 0 Å². The number of hydrogen-bond acceptors (Lipinski definition) is 4. The maximum absolute atomic E-state index is 6.64. The third-order valence-electron chi connectivity index (χ3n) is 4.37. The topological polar surface area (TPSA) is 59.3 Å². The van der Waals surface area contributed by atoms with E-state index in [1.807, 2.05) is 0 Å². The summed E-state index contributed by atoms with van der Waals surface area (Å²) in [5, 5.41) is 7.24. The molecule has 0 aromatic rings. The second-order valence-electron chi connectivity index (χ2n) is 9.71. The van der Waals surface area contributed by atoms with Crippen molar-refractivity contribution in [3.05, 3.63) is 0 Å². The fourth-order valence-electron chi connectivity index (χ4n) is 2.42. The molecule has 0 aliphatic heterocycles. The maximum Gasteiger partial charge on any atom is 0.187 e. The molecule has 0 unspecified atom stereocenters. The van der Waals surface area contributed by atoms with Crippen LogP contribution in [0.3, 0.4) is 0 Å². The number of hydrogen-bond donors (Lipinski definition) is 3. The van der Waals surface area contributed by atoms with E-state index in [9.17, 15) is 0 Å². The van der Waals surface area contributed by atoms with E-state index in [0.29, 0.717) is 12.0 Å². The average molecular weight is 362 g/mol. The van der Waals surface area contributed by atoms with Gasteiger partial charge in [-0.2, -0.15) is 0 Å². The lowest BCUT2D eigenvalue weighted by Crippen LogP contribution is -2.56. The first-order chi connectivity index (χ1) is 10.2. The van der Waals surface area contributed by atoms with Crippen LogP contribution in [0.25, 0.3) is 0 Å². The quantitative estimate of drug-likeness (QED) is 0.468. The van der Waals surface area contributed by atoms with E-state index in [-0.39, 0.29) is 5.41 Å². The molecule has 4 nitrogen and oxygen atoms in total. The maximum atomic E-state index is 6.64. The predicted molar refractivity (Wildman–Crippen MR) is 109 cm³/mol. The van der Waals surface area contributed by atoms with E-state index in [4.69, 9.17) is 9.85 Å². The Hall–Kier alpha value is 0.274. The summed E-state index contributed by atoms with van der Waals surface area (Å²) in [5.74, 6) is 0. The molecular weight excluding hydrogens is 318 g/mol. The van der Waals surface area contributed by atoms with Gasteiger partial charge < -0.3 is 20.5 Å². The summed E-state index contributed by atoms with van der Waals surface area (Å²) >= 11 is 0. The van der Waals surface area contributed by atoms with Gasteiger partial charge in [-0.3, -0.25) is 0 Å². The molecule has 0 amide bonds. The highest BCUT2D eigenvalue weighted by Gasteiger charge is 2.33. The summed E-state index contributed by atoms with van der Waals surface area (Å²) in [6.45, 7) is 23.3. The van der Waals surface area contributed by atoms with Crippen molar-refractivity contribution in [3.8, 4) is 0 Å². The van der Waals surface area contributed by atoms with E-state index in [2.05, 4.69) is 71.4 Å². The molecule has 0 aromatic carbocycles. The van der Waals surface area contributed by atoms with Crippen molar-refractivity contribution in [2.75, 3.05) is 32.0 Å². The number of nitrogens with one attached hydrogen (secondary N) is 2. The van der Waals surface area contributed by atoms with Gasteiger partial charge in [0.2, 0.25) is 0 Å². The first kappa shape index (κ1) is 23.3. The summed E-state index contributed by atoms with van der Waals surface area (Å²) in [6, 6.07) is 0. The van der Waals surface area contributed by atoms with Crippen LogP contribution in [-0.2, 0) is 4.12 Å². The SMILES string of the molecule is CCC(C)(C)CNC[Si](C)(C)O[Si](C)(C)CNCC(C)(C)CN. The molecule has 0 aliphatic rings. The van der Waals surface area contributed by atoms with Crippen LogP contribution >= 0.6 is 0 Å². The van der Waals surface area contributed by atoms with E-state index < -0.39 is 16.6 Å². The van der Waals surface area contributed by atoms with Crippen LogP contribution in [0.4, 0.5) is 0 Å². The summed E-state index contributed by atoms with van der Waals surface area (Å²) < 4.78 is 6.64. The zero-order chi connectivity index (χ0) is 18.4. The summed E-state index contributed by atoms with van der Waals surface area (Å²) in [6.07, 6.45) is 3.22. The third kappa shape index (κ3) is 11.5. The zero-order valence-corrected chi connectivity index (χ0v) is 19.2. The van der Waals surface area contributed by atoms with Gasteiger partial charge in [0.25, 0.3) is 0 Å². The van der Waals surface area contributed by atoms with E-state index in [1.54, 1.807) is 0 Å². The molecule has 0 saturated heterocycles. The van der Waals surface area contributed by atoms with Gasteiger partial charge in [0.1, 0.15) is 0 Å². The van der Waals surface area contributed by atoms with E-state index in [1.165, 1.54) is 6.42 Å². The largest absolute Gasteiger partial charge is 0.454 e. The molecule has 4 N–H and O–H groups in total. The molecule has 0 atom stereocenters. The lowest BCUT2D eigenvalue weighted by atomic mass is 9.90. The first-order valence-corrected chi connectivity index (χ1v) is 15.3. The molecule has 140 valence electrons. The van der Waals surface area contributed by atoms with E-state index >= 15 is 0 Å². The van der Waals surface area contributed by atoms with Gasteiger partial charge in [0, 0.05) is 25.4 Å². The fourth-order valence-corrected chi connectivity index (χ4v) is 10.4. The molecule has 0 heterocycles. The monoisotopic (exact) mass is 361 g/mol. The van der Waals surface area contributed by atoms with Crippen LogP contribution in [0.1, 0.15) is 41.0 Å². The van der Waals surface area contributed by atoms with Crippen LogP contribution in [0.15, 0.2) is 0 Å². The molecule has 0 radical (unpaired) electrons. The number of nitrogens with two attached hydrogens (primary N) is 1. The Kier molecular flexibility index (Phi) is 9.21. The summed E-state index contributed by atoms with van der Waals surface area (Å²) in [7, 11) is -3.36. The van der Waals surface area contributed by atoms with Gasteiger partial charge in [0.15, 0.2) is 16.6 Å². The first-order valence-electron chi connectivity index (χ1n) is 9.06. The fraction of sp³-hybridized carbons (Fsp3) is 1.00. The van der Waals surface area contributed by atoms with Crippen molar-refractivity contribution < 1.29 is 4.12 Å². The highest BCUT2D eigenvalue weighted by atomic mass is 28.4. The zero-order valence-electron chi connectivity index (χ0n) is 17.2. The van der Waals surface area contributed by atoms with Gasteiger partial charge >= 0.3 is 0 Å². The van der Waals surface area contributed by atoms with Crippen molar-refractivity contribution in [1.82, 2.24) is 10.6 Å². The smallest absolute Gasteiger partial charge is 0.187 e. The minimum Gasteiger partial charge on any atom is -0.454 e. The molecule has 0 aliphatic carbocycles.